The first kappa shape index (κ1) is 15.5. The third-order valence-electron chi connectivity index (χ3n) is 3.32. The number of aliphatic hydroxyl groups excluding tert-OH is 1. The molecule has 1 aromatic rings. The Hall–Kier alpha value is -0.570. The summed E-state index contributed by atoms with van der Waals surface area (Å²) in [7, 11) is 0. The van der Waals surface area contributed by atoms with Crippen LogP contribution in [0.25, 0.3) is 0 Å². The van der Waals surface area contributed by atoms with Crippen molar-refractivity contribution in [2.75, 3.05) is 13.2 Å². The van der Waals surface area contributed by atoms with E-state index in [1.54, 1.807) is 0 Å². The van der Waals surface area contributed by atoms with Crippen LogP contribution in [-0.2, 0) is 0 Å². The van der Waals surface area contributed by atoms with Gasteiger partial charge in [-0.05, 0) is 43.9 Å². The molecule has 0 aliphatic rings. The molecule has 0 amide bonds. The molecule has 3 heteroatoms. The number of benzene rings is 1. The summed E-state index contributed by atoms with van der Waals surface area (Å²) in [5.41, 5.74) is 1.14. The normalized spacial score (nSPS) is 14.4. The van der Waals surface area contributed by atoms with E-state index in [1.165, 1.54) is 0 Å². The molecular weight excluding hydrogens is 246 g/mol. The summed E-state index contributed by atoms with van der Waals surface area (Å²) in [6, 6.07) is 8.19. The minimum absolute atomic E-state index is 0.247. The Morgan fingerprint density at radius 3 is 2.61 bits per heavy atom. The van der Waals surface area contributed by atoms with Crippen LogP contribution in [0.2, 0.25) is 5.02 Å². The van der Waals surface area contributed by atoms with Gasteiger partial charge < -0.3 is 10.4 Å². The van der Waals surface area contributed by atoms with Gasteiger partial charge in [0.2, 0.25) is 0 Å². The maximum absolute atomic E-state index is 9.04. The average Bonchev–Trinajstić information content (AvgIpc) is 2.36. The summed E-state index contributed by atoms with van der Waals surface area (Å²) in [5, 5.41) is 13.4. The number of hydrogen-bond acceptors (Lipinski definition) is 2. The number of aliphatic hydroxyl groups is 1. The Balaban J connectivity index is 2.49. The zero-order chi connectivity index (χ0) is 13.4. The second kappa shape index (κ2) is 8.52. The van der Waals surface area contributed by atoms with E-state index in [1.807, 2.05) is 18.2 Å². The molecule has 0 heterocycles. The van der Waals surface area contributed by atoms with E-state index in [-0.39, 0.29) is 12.6 Å². The summed E-state index contributed by atoms with van der Waals surface area (Å²) >= 11 is 6.18. The van der Waals surface area contributed by atoms with Crippen LogP contribution in [0.1, 0.15) is 44.7 Å². The van der Waals surface area contributed by atoms with Crippen LogP contribution < -0.4 is 5.32 Å². The largest absolute Gasteiger partial charge is 0.396 e. The van der Waals surface area contributed by atoms with Gasteiger partial charge in [0.05, 0.1) is 0 Å². The van der Waals surface area contributed by atoms with Crippen molar-refractivity contribution in [3.05, 3.63) is 34.9 Å². The molecule has 0 aromatic heterocycles. The van der Waals surface area contributed by atoms with Crippen molar-refractivity contribution in [2.45, 2.75) is 39.2 Å². The van der Waals surface area contributed by atoms with Crippen LogP contribution >= 0.6 is 11.6 Å². The quantitative estimate of drug-likeness (QED) is 0.753. The lowest BCUT2D eigenvalue weighted by atomic mass is 9.99. The van der Waals surface area contributed by atoms with Crippen molar-refractivity contribution < 1.29 is 5.11 Å². The molecule has 2 unspecified atom stereocenters. The lowest BCUT2D eigenvalue weighted by molar-refractivity contribution is 0.246. The summed E-state index contributed by atoms with van der Waals surface area (Å²) in [5.74, 6) is 0.546. The van der Waals surface area contributed by atoms with Gasteiger partial charge in [0.1, 0.15) is 0 Å². The number of hydrogen-bond donors (Lipinski definition) is 2. The zero-order valence-electron chi connectivity index (χ0n) is 11.3. The molecule has 18 heavy (non-hydrogen) atoms. The second-order valence-corrected chi connectivity index (χ2v) is 5.23. The first-order valence-corrected chi connectivity index (χ1v) is 7.15. The summed E-state index contributed by atoms with van der Waals surface area (Å²) in [4.78, 5) is 0. The van der Waals surface area contributed by atoms with Crippen LogP contribution in [0.3, 0.4) is 0 Å². The predicted octanol–water partition coefficient (Wildman–Crippen LogP) is 3.79. The fourth-order valence-corrected chi connectivity index (χ4v) is 2.52. The Kier molecular flexibility index (Phi) is 7.33. The predicted molar refractivity (Wildman–Crippen MR) is 78.0 cm³/mol. The highest BCUT2D eigenvalue weighted by Crippen LogP contribution is 2.22. The Labute approximate surface area is 115 Å². The zero-order valence-corrected chi connectivity index (χ0v) is 12.1. The Morgan fingerprint density at radius 1 is 1.28 bits per heavy atom. The smallest absolute Gasteiger partial charge is 0.0453 e. The van der Waals surface area contributed by atoms with E-state index in [0.717, 1.165) is 36.4 Å². The molecule has 0 aliphatic carbocycles. The molecule has 102 valence electrons. The number of halogens is 1. The highest BCUT2D eigenvalue weighted by Gasteiger charge is 2.12. The summed E-state index contributed by atoms with van der Waals surface area (Å²) in [6.45, 7) is 5.51. The third-order valence-corrected chi connectivity index (χ3v) is 3.66. The average molecular weight is 270 g/mol. The highest BCUT2D eigenvalue weighted by molar-refractivity contribution is 6.31. The van der Waals surface area contributed by atoms with Gasteiger partial charge in [-0.2, -0.15) is 0 Å². The molecule has 2 N–H and O–H groups in total. The van der Waals surface area contributed by atoms with E-state index < -0.39 is 0 Å². The van der Waals surface area contributed by atoms with Gasteiger partial charge in [-0.3, -0.25) is 0 Å². The highest BCUT2D eigenvalue weighted by atomic mass is 35.5. The number of rotatable bonds is 8. The molecule has 0 aliphatic heterocycles. The molecule has 2 nitrogen and oxygen atoms in total. The molecule has 1 rings (SSSR count). The SMILES string of the molecule is CCCC(CCO)CNC(C)c1ccccc1Cl. The minimum atomic E-state index is 0.247. The lowest BCUT2D eigenvalue weighted by Crippen LogP contribution is -2.26. The van der Waals surface area contributed by atoms with Crippen LogP contribution in [0.5, 0.6) is 0 Å². The fourth-order valence-electron chi connectivity index (χ4n) is 2.22. The molecule has 0 saturated carbocycles. The minimum Gasteiger partial charge on any atom is -0.396 e. The Morgan fingerprint density at radius 2 is 2.00 bits per heavy atom. The van der Waals surface area contributed by atoms with E-state index >= 15 is 0 Å². The van der Waals surface area contributed by atoms with Crippen molar-refractivity contribution in [3.63, 3.8) is 0 Å². The van der Waals surface area contributed by atoms with Crippen molar-refractivity contribution in [1.82, 2.24) is 5.32 Å². The molecule has 0 spiro atoms. The molecule has 0 saturated heterocycles. The van der Waals surface area contributed by atoms with Crippen LogP contribution in [0.4, 0.5) is 0 Å². The summed E-state index contributed by atoms with van der Waals surface area (Å²) < 4.78 is 0. The van der Waals surface area contributed by atoms with Crippen molar-refractivity contribution in [3.8, 4) is 0 Å². The second-order valence-electron chi connectivity index (χ2n) is 4.82. The van der Waals surface area contributed by atoms with Gasteiger partial charge in [0.15, 0.2) is 0 Å². The van der Waals surface area contributed by atoms with Gasteiger partial charge in [-0.15, -0.1) is 0 Å². The fraction of sp³-hybridized carbons (Fsp3) is 0.600. The van der Waals surface area contributed by atoms with Crippen LogP contribution in [-0.4, -0.2) is 18.3 Å². The van der Waals surface area contributed by atoms with Gasteiger partial charge in [-0.25, -0.2) is 0 Å². The van der Waals surface area contributed by atoms with Gasteiger partial charge in [0.25, 0.3) is 0 Å². The standard InChI is InChI=1S/C15H24ClNO/c1-3-6-13(9-10-18)11-17-12(2)14-7-4-5-8-15(14)16/h4-5,7-8,12-13,17-18H,3,6,9-11H2,1-2H3. The molecule has 0 radical (unpaired) electrons. The first-order chi connectivity index (χ1) is 8.69. The topological polar surface area (TPSA) is 32.3 Å². The maximum atomic E-state index is 9.04. The molecule has 0 bridgehead atoms. The molecule has 0 fully saturated rings. The van der Waals surface area contributed by atoms with Crippen molar-refractivity contribution >= 4 is 11.6 Å². The third kappa shape index (κ3) is 4.97. The summed E-state index contributed by atoms with van der Waals surface area (Å²) in [6.07, 6.45) is 3.19. The van der Waals surface area contributed by atoms with Crippen LogP contribution in [0.15, 0.2) is 24.3 Å². The first-order valence-electron chi connectivity index (χ1n) is 6.77. The number of nitrogens with one attached hydrogen (secondary N) is 1. The van der Waals surface area contributed by atoms with E-state index in [2.05, 4.69) is 25.2 Å². The monoisotopic (exact) mass is 269 g/mol. The van der Waals surface area contributed by atoms with Gasteiger partial charge in [0, 0.05) is 17.7 Å². The van der Waals surface area contributed by atoms with E-state index in [0.29, 0.717) is 5.92 Å². The van der Waals surface area contributed by atoms with Gasteiger partial charge >= 0.3 is 0 Å². The Bertz CT molecular complexity index is 337. The van der Waals surface area contributed by atoms with Gasteiger partial charge in [-0.1, -0.05) is 43.1 Å². The maximum Gasteiger partial charge on any atom is 0.0453 e. The molecular formula is C15H24ClNO. The van der Waals surface area contributed by atoms with E-state index in [4.69, 9.17) is 16.7 Å². The van der Waals surface area contributed by atoms with Crippen molar-refractivity contribution in [1.29, 1.82) is 0 Å². The van der Waals surface area contributed by atoms with E-state index in [9.17, 15) is 0 Å². The van der Waals surface area contributed by atoms with Crippen molar-refractivity contribution in [2.24, 2.45) is 5.92 Å². The molecule has 2 atom stereocenters. The molecule has 1 aromatic carbocycles. The lowest BCUT2D eigenvalue weighted by Gasteiger charge is -2.20. The van der Waals surface area contributed by atoms with Crippen LogP contribution in [0, 0.1) is 5.92 Å².